The maximum Gasteiger partial charge on any atom is 0.377 e. The fourth-order valence-corrected chi connectivity index (χ4v) is 3.46. The van der Waals surface area contributed by atoms with E-state index in [1.165, 1.54) is 0 Å². The van der Waals surface area contributed by atoms with E-state index in [0.29, 0.717) is 20.1 Å². The molecule has 1 aliphatic heterocycles. The molecule has 102 valence electrons. The van der Waals surface area contributed by atoms with Crippen LogP contribution in [0.5, 0.6) is 0 Å². The molecule has 0 N–H and O–H groups in total. The van der Waals surface area contributed by atoms with Crippen molar-refractivity contribution in [1.82, 2.24) is 0 Å². The molecule has 0 radical (unpaired) electrons. The maximum atomic E-state index is 12.9. The van der Waals surface area contributed by atoms with Gasteiger partial charge in [0.15, 0.2) is 6.10 Å². The third-order valence-corrected chi connectivity index (χ3v) is 4.20. The molecule has 18 heavy (non-hydrogen) atoms. The SMILES string of the molecule is CC(F)(F)C(=O)OC1C2CCC(C2)C12OCCO2. The molecule has 0 aromatic heterocycles. The number of carbonyl (C=O) groups excluding carboxylic acids is 1. The van der Waals surface area contributed by atoms with Gasteiger partial charge in [0, 0.05) is 18.8 Å². The van der Waals surface area contributed by atoms with Crippen molar-refractivity contribution in [2.45, 2.75) is 44.0 Å². The van der Waals surface area contributed by atoms with Crippen molar-refractivity contribution in [2.75, 3.05) is 13.2 Å². The number of ether oxygens (including phenoxy) is 3. The normalized spacial score (nSPS) is 37.4. The number of esters is 1. The molecule has 2 bridgehead atoms. The van der Waals surface area contributed by atoms with E-state index >= 15 is 0 Å². The Bertz CT molecular complexity index is 360. The van der Waals surface area contributed by atoms with Crippen molar-refractivity contribution in [2.24, 2.45) is 11.8 Å². The topological polar surface area (TPSA) is 44.8 Å². The summed E-state index contributed by atoms with van der Waals surface area (Å²) in [5, 5.41) is 0. The van der Waals surface area contributed by atoms with Gasteiger partial charge in [-0.1, -0.05) is 0 Å². The predicted molar refractivity (Wildman–Crippen MR) is 56.0 cm³/mol. The fourth-order valence-electron chi connectivity index (χ4n) is 3.46. The zero-order chi connectivity index (χ0) is 13.0. The standard InChI is InChI=1S/C12H16F2O4/c1-11(13,14)10(15)18-9-7-2-3-8(6-7)12(9)16-4-5-17-12/h7-9H,2-6H2,1H3. The van der Waals surface area contributed by atoms with Crippen LogP contribution in [0.15, 0.2) is 0 Å². The van der Waals surface area contributed by atoms with Gasteiger partial charge in [0.05, 0.1) is 13.2 Å². The molecule has 3 atom stereocenters. The molecular weight excluding hydrogens is 246 g/mol. The van der Waals surface area contributed by atoms with E-state index in [2.05, 4.69) is 0 Å². The summed E-state index contributed by atoms with van der Waals surface area (Å²) in [6.45, 7) is 1.41. The molecule has 3 aliphatic rings. The van der Waals surface area contributed by atoms with E-state index in [4.69, 9.17) is 14.2 Å². The van der Waals surface area contributed by atoms with Crippen molar-refractivity contribution >= 4 is 5.97 Å². The van der Waals surface area contributed by atoms with Crippen LogP contribution in [0.3, 0.4) is 0 Å². The summed E-state index contributed by atoms with van der Waals surface area (Å²) in [6.07, 6.45) is 1.97. The van der Waals surface area contributed by atoms with Crippen LogP contribution >= 0.6 is 0 Å². The molecule has 6 heteroatoms. The minimum atomic E-state index is -3.47. The zero-order valence-corrected chi connectivity index (χ0v) is 10.2. The van der Waals surface area contributed by atoms with Gasteiger partial charge in [0.2, 0.25) is 5.79 Å². The van der Waals surface area contributed by atoms with Crippen molar-refractivity contribution in [1.29, 1.82) is 0 Å². The number of hydrogen-bond donors (Lipinski definition) is 0. The third kappa shape index (κ3) is 1.66. The highest BCUT2D eigenvalue weighted by atomic mass is 19.3. The third-order valence-electron chi connectivity index (χ3n) is 4.20. The van der Waals surface area contributed by atoms with Gasteiger partial charge >= 0.3 is 11.9 Å². The first-order chi connectivity index (χ1) is 8.43. The van der Waals surface area contributed by atoms with Crippen LogP contribution < -0.4 is 0 Å². The summed E-state index contributed by atoms with van der Waals surface area (Å²) in [5.74, 6) is -5.67. The number of alkyl halides is 2. The molecule has 0 aromatic carbocycles. The number of hydrogen-bond acceptors (Lipinski definition) is 4. The molecule has 4 nitrogen and oxygen atoms in total. The Balaban J connectivity index is 1.80. The van der Waals surface area contributed by atoms with Crippen LogP contribution in [-0.2, 0) is 19.0 Å². The average Bonchev–Trinajstić information content (AvgIpc) is 2.97. The second kappa shape index (κ2) is 3.87. The van der Waals surface area contributed by atoms with E-state index in [9.17, 15) is 13.6 Å². The molecule has 0 amide bonds. The van der Waals surface area contributed by atoms with Crippen LogP contribution in [0.25, 0.3) is 0 Å². The lowest BCUT2D eigenvalue weighted by atomic mass is 9.91. The minimum absolute atomic E-state index is 0.0828. The van der Waals surface area contributed by atoms with Gasteiger partial charge in [0.25, 0.3) is 0 Å². The lowest BCUT2D eigenvalue weighted by molar-refractivity contribution is -0.258. The van der Waals surface area contributed by atoms with Gasteiger partial charge in [-0.15, -0.1) is 0 Å². The van der Waals surface area contributed by atoms with Crippen molar-refractivity contribution in [3.8, 4) is 0 Å². The Kier molecular flexibility index (Phi) is 2.64. The number of halogens is 2. The van der Waals surface area contributed by atoms with E-state index < -0.39 is 23.8 Å². The Morgan fingerprint density at radius 1 is 1.33 bits per heavy atom. The number of carbonyl (C=O) groups is 1. The fraction of sp³-hybridized carbons (Fsp3) is 0.917. The van der Waals surface area contributed by atoms with Crippen LogP contribution in [0, 0.1) is 11.8 Å². The van der Waals surface area contributed by atoms with Crippen LogP contribution in [0.4, 0.5) is 8.78 Å². The predicted octanol–water partition coefficient (Wildman–Crippen LogP) is 1.73. The van der Waals surface area contributed by atoms with Crippen LogP contribution in [-0.4, -0.2) is 37.0 Å². The van der Waals surface area contributed by atoms with Crippen molar-refractivity contribution < 1.29 is 27.8 Å². The first-order valence-corrected chi connectivity index (χ1v) is 6.30. The number of fused-ring (bicyclic) bond motifs is 3. The molecule has 1 saturated heterocycles. The summed E-state index contributed by atoms with van der Waals surface area (Å²) in [7, 11) is 0. The van der Waals surface area contributed by atoms with E-state index in [1.54, 1.807) is 0 Å². The second-order valence-electron chi connectivity index (χ2n) is 5.40. The van der Waals surface area contributed by atoms with Crippen molar-refractivity contribution in [3.05, 3.63) is 0 Å². The lowest BCUT2D eigenvalue weighted by Gasteiger charge is -2.38. The van der Waals surface area contributed by atoms with Gasteiger partial charge in [-0.25, -0.2) is 4.79 Å². The Hall–Kier alpha value is -0.750. The van der Waals surface area contributed by atoms with Gasteiger partial charge in [-0.3, -0.25) is 0 Å². The maximum absolute atomic E-state index is 12.9. The molecule has 2 saturated carbocycles. The summed E-state index contributed by atoms with van der Waals surface area (Å²) in [5.41, 5.74) is 0. The quantitative estimate of drug-likeness (QED) is 0.711. The highest BCUT2D eigenvalue weighted by Crippen LogP contribution is 2.56. The van der Waals surface area contributed by atoms with Crippen LogP contribution in [0.1, 0.15) is 26.2 Å². The molecule has 0 aromatic rings. The van der Waals surface area contributed by atoms with E-state index in [1.807, 2.05) is 0 Å². The monoisotopic (exact) mass is 262 g/mol. The zero-order valence-electron chi connectivity index (χ0n) is 10.2. The Morgan fingerprint density at radius 2 is 2.00 bits per heavy atom. The molecule has 2 aliphatic carbocycles. The molecule has 3 fully saturated rings. The molecule has 1 heterocycles. The van der Waals surface area contributed by atoms with Gasteiger partial charge in [0.1, 0.15) is 0 Å². The van der Waals surface area contributed by atoms with Gasteiger partial charge in [-0.2, -0.15) is 8.78 Å². The highest BCUT2D eigenvalue weighted by Gasteiger charge is 2.64. The van der Waals surface area contributed by atoms with Crippen LogP contribution in [0.2, 0.25) is 0 Å². The van der Waals surface area contributed by atoms with Gasteiger partial charge in [-0.05, 0) is 19.3 Å². The largest absolute Gasteiger partial charge is 0.452 e. The molecule has 1 spiro atoms. The first-order valence-electron chi connectivity index (χ1n) is 6.30. The molecular formula is C12H16F2O4. The first kappa shape index (κ1) is 12.3. The second-order valence-corrected chi connectivity index (χ2v) is 5.40. The van der Waals surface area contributed by atoms with E-state index in [-0.39, 0.29) is 11.8 Å². The molecule has 3 rings (SSSR count). The lowest BCUT2D eigenvalue weighted by Crippen LogP contribution is -2.51. The summed E-state index contributed by atoms with van der Waals surface area (Å²) in [6, 6.07) is 0. The smallest absolute Gasteiger partial charge is 0.377 e. The van der Waals surface area contributed by atoms with Gasteiger partial charge < -0.3 is 14.2 Å². The minimum Gasteiger partial charge on any atom is -0.452 e. The van der Waals surface area contributed by atoms with E-state index in [0.717, 1.165) is 19.3 Å². The Labute approximate surface area is 104 Å². The summed E-state index contributed by atoms with van der Waals surface area (Å²) in [4.78, 5) is 11.4. The summed E-state index contributed by atoms with van der Waals surface area (Å²) < 4.78 is 42.1. The van der Waals surface area contributed by atoms with Crippen molar-refractivity contribution in [3.63, 3.8) is 0 Å². The highest BCUT2D eigenvalue weighted by molar-refractivity contribution is 5.77. The average molecular weight is 262 g/mol. The molecule has 3 unspecified atom stereocenters. The Morgan fingerprint density at radius 3 is 2.61 bits per heavy atom. The summed E-state index contributed by atoms with van der Waals surface area (Å²) >= 11 is 0. The number of rotatable bonds is 2.